The van der Waals surface area contributed by atoms with Crippen molar-refractivity contribution in [1.29, 1.82) is 0 Å². The molecule has 0 unspecified atom stereocenters. The Morgan fingerprint density at radius 3 is 1.43 bits per heavy atom. The van der Waals surface area contributed by atoms with Crippen molar-refractivity contribution >= 4 is 12.1 Å². The maximum atomic E-state index is 12.2. The molecule has 0 aromatic rings. The van der Waals surface area contributed by atoms with E-state index in [9.17, 15) is 9.59 Å². The Bertz CT molecular complexity index is 445. The third-order valence-electron chi connectivity index (χ3n) is 6.87. The fourth-order valence-electron chi connectivity index (χ4n) is 5.21. The molecule has 3 rings (SSSR count). The summed E-state index contributed by atoms with van der Waals surface area (Å²) in [5.41, 5.74) is 0. The van der Waals surface area contributed by atoms with Crippen molar-refractivity contribution in [3.05, 3.63) is 0 Å². The Labute approximate surface area is 170 Å². The van der Waals surface area contributed by atoms with Crippen molar-refractivity contribution in [3.8, 4) is 0 Å². The Morgan fingerprint density at radius 2 is 1.00 bits per heavy atom. The van der Waals surface area contributed by atoms with Crippen LogP contribution in [-0.4, -0.2) is 37.2 Å². The molecule has 0 spiro atoms. The minimum absolute atomic E-state index is 0.000918. The highest BCUT2D eigenvalue weighted by atomic mass is 16.2. The van der Waals surface area contributed by atoms with Crippen LogP contribution in [0.5, 0.6) is 0 Å². The molecule has 3 saturated carbocycles. The fraction of sp³-hybridized carbons (Fsp3) is 0.909. The lowest BCUT2D eigenvalue weighted by atomic mass is 9.81. The Kier molecular flexibility index (Phi) is 8.74. The predicted molar refractivity (Wildman–Crippen MR) is 112 cm³/mol. The number of carbonyl (C=O) groups is 2. The van der Waals surface area contributed by atoms with Gasteiger partial charge in [0.2, 0.25) is 0 Å². The number of carbonyl (C=O) groups excluding carboxylic acids is 2. The van der Waals surface area contributed by atoms with Gasteiger partial charge in [0, 0.05) is 25.2 Å². The largest absolute Gasteiger partial charge is 0.338 e. The summed E-state index contributed by atoms with van der Waals surface area (Å²) in [7, 11) is 0. The van der Waals surface area contributed by atoms with Gasteiger partial charge >= 0.3 is 12.1 Å². The van der Waals surface area contributed by atoms with Gasteiger partial charge in [0.05, 0.1) is 0 Å². The Hall–Kier alpha value is -1.46. The highest BCUT2D eigenvalue weighted by Crippen LogP contribution is 2.28. The van der Waals surface area contributed by atoms with Gasteiger partial charge in [-0.3, -0.25) is 0 Å². The molecule has 6 nitrogen and oxygen atoms in total. The molecular weight excluding hydrogens is 352 g/mol. The summed E-state index contributed by atoms with van der Waals surface area (Å²) in [6, 6.07) is 0.720. The third kappa shape index (κ3) is 7.51. The molecule has 3 aliphatic carbocycles. The quantitative estimate of drug-likeness (QED) is 0.550. The van der Waals surface area contributed by atoms with Gasteiger partial charge in [0.25, 0.3) is 0 Å². The van der Waals surface area contributed by atoms with Crippen molar-refractivity contribution in [2.75, 3.05) is 13.1 Å². The molecule has 0 saturated heterocycles. The molecule has 0 aromatic heterocycles. The lowest BCUT2D eigenvalue weighted by molar-refractivity contribution is 0.215. The van der Waals surface area contributed by atoms with E-state index in [1.54, 1.807) is 0 Å². The highest BCUT2D eigenvalue weighted by molar-refractivity contribution is 5.74. The van der Waals surface area contributed by atoms with Crippen LogP contribution in [0.1, 0.15) is 89.9 Å². The number of nitrogens with one attached hydrogen (secondary N) is 4. The molecule has 0 heterocycles. The van der Waals surface area contributed by atoms with Crippen LogP contribution >= 0.6 is 0 Å². The molecule has 4 N–H and O–H groups in total. The molecule has 3 aliphatic rings. The number of amides is 4. The van der Waals surface area contributed by atoms with Crippen molar-refractivity contribution in [1.82, 2.24) is 21.3 Å². The van der Waals surface area contributed by atoms with Gasteiger partial charge in [-0.25, -0.2) is 9.59 Å². The molecule has 4 amide bonds. The van der Waals surface area contributed by atoms with E-state index in [0.29, 0.717) is 23.9 Å². The van der Waals surface area contributed by atoms with Crippen LogP contribution in [0.2, 0.25) is 0 Å². The maximum absolute atomic E-state index is 12.2. The van der Waals surface area contributed by atoms with Crippen molar-refractivity contribution < 1.29 is 9.59 Å². The van der Waals surface area contributed by atoms with Crippen molar-refractivity contribution in [2.45, 2.75) is 102 Å². The average Bonchev–Trinajstić information content (AvgIpc) is 2.73. The van der Waals surface area contributed by atoms with Crippen LogP contribution in [-0.2, 0) is 0 Å². The van der Waals surface area contributed by atoms with E-state index in [4.69, 9.17) is 0 Å². The SMILES string of the molecule is O=C(NC[C@@H]1CCC[C@@H](CNC(=O)NC2CCCCC2)C1)NC1CCCCC1. The zero-order valence-electron chi connectivity index (χ0n) is 17.4. The van der Waals surface area contributed by atoms with Gasteiger partial charge in [-0.1, -0.05) is 44.9 Å². The summed E-state index contributed by atoms with van der Waals surface area (Å²) in [4.78, 5) is 24.3. The predicted octanol–water partition coefficient (Wildman–Crippen LogP) is 4.06. The Morgan fingerprint density at radius 1 is 0.571 bits per heavy atom. The molecule has 2 atom stereocenters. The number of urea groups is 2. The zero-order valence-corrected chi connectivity index (χ0v) is 17.4. The van der Waals surface area contributed by atoms with Gasteiger partial charge in [0.15, 0.2) is 0 Å². The summed E-state index contributed by atoms with van der Waals surface area (Å²) in [6.07, 6.45) is 16.6. The molecule has 0 bridgehead atoms. The summed E-state index contributed by atoms with van der Waals surface area (Å²) in [5.74, 6) is 1.05. The van der Waals surface area contributed by atoms with Crippen LogP contribution in [0.4, 0.5) is 9.59 Å². The minimum Gasteiger partial charge on any atom is -0.338 e. The number of hydrogen-bond donors (Lipinski definition) is 4. The standard InChI is InChI=1S/C22H40N4O2/c27-21(25-19-10-3-1-4-11-19)23-15-17-8-7-9-18(14-17)16-24-22(28)26-20-12-5-2-6-13-20/h17-20H,1-16H2,(H2,23,25,27)(H2,24,26,28)/t17-,18-/m1/s1. The number of rotatable bonds is 6. The first-order valence-electron chi connectivity index (χ1n) is 11.8. The van der Waals surface area contributed by atoms with E-state index in [2.05, 4.69) is 21.3 Å². The van der Waals surface area contributed by atoms with E-state index >= 15 is 0 Å². The number of hydrogen-bond acceptors (Lipinski definition) is 2. The monoisotopic (exact) mass is 392 g/mol. The van der Waals surface area contributed by atoms with E-state index in [-0.39, 0.29) is 12.1 Å². The van der Waals surface area contributed by atoms with Crippen molar-refractivity contribution in [2.24, 2.45) is 11.8 Å². The normalized spacial score (nSPS) is 27.0. The first-order chi connectivity index (χ1) is 13.7. The maximum Gasteiger partial charge on any atom is 0.315 e. The molecule has 28 heavy (non-hydrogen) atoms. The third-order valence-corrected chi connectivity index (χ3v) is 6.87. The summed E-state index contributed by atoms with van der Waals surface area (Å²) in [5, 5.41) is 12.4. The second kappa shape index (κ2) is 11.5. The van der Waals surface area contributed by atoms with E-state index in [1.807, 2.05) is 0 Å². The van der Waals surface area contributed by atoms with Crippen LogP contribution in [0.25, 0.3) is 0 Å². The summed E-state index contributed by atoms with van der Waals surface area (Å²) in [6.45, 7) is 1.51. The molecule has 0 radical (unpaired) electrons. The second-order valence-electron chi connectivity index (χ2n) is 9.28. The fourth-order valence-corrected chi connectivity index (χ4v) is 5.21. The first-order valence-corrected chi connectivity index (χ1v) is 11.8. The van der Waals surface area contributed by atoms with Gasteiger partial charge in [0.1, 0.15) is 0 Å². The van der Waals surface area contributed by atoms with Crippen LogP contribution in [0.15, 0.2) is 0 Å². The first kappa shape index (κ1) is 21.3. The lowest BCUT2D eigenvalue weighted by Gasteiger charge is -2.30. The molecule has 160 valence electrons. The highest BCUT2D eigenvalue weighted by Gasteiger charge is 2.24. The van der Waals surface area contributed by atoms with Gasteiger partial charge in [-0.05, 0) is 56.8 Å². The minimum atomic E-state index is -0.000918. The van der Waals surface area contributed by atoms with Crippen LogP contribution < -0.4 is 21.3 Å². The molecule has 6 heteroatoms. The molecule has 3 fully saturated rings. The lowest BCUT2D eigenvalue weighted by Crippen LogP contribution is -2.46. The van der Waals surface area contributed by atoms with Crippen LogP contribution in [0.3, 0.4) is 0 Å². The van der Waals surface area contributed by atoms with Gasteiger partial charge < -0.3 is 21.3 Å². The van der Waals surface area contributed by atoms with Gasteiger partial charge in [-0.15, -0.1) is 0 Å². The summed E-state index contributed by atoms with van der Waals surface area (Å²) >= 11 is 0. The van der Waals surface area contributed by atoms with Crippen molar-refractivity contribution in [3.63, 3.8) is 0 Å². The van der Waals surface area contributed by atoms with Gasteiger partial charge in [-0.2, -0.15) is 0 Å². The smallest absolute Gasteiger partial charge is 0.315 e. The Balaban J connectivity index is 1.28. The topological polar surface area (TPSA) is 82.3 Å². The van der Waals surface area contributed by atoms with E-state index < -0.39 is 0 Å². The summed E-state index contributed by atoms with van der Waals surface area (Å²) < 4.78 is 0. The average molecular weight is 393 g/mol. The van der Waals surface area contributed by atoms with E-state index in [0.717, 1.165) is 45.2 Å². The molecule has 0 aliphatic heterocycles. The molecule has 0 aromatic carbocycles. The zero-order chi connectivity index (χ0) is 19.6. The van der Waals surface area contributed by atoms with Crippen LogP contribution in [0, 0.1) is 11.8 Å². The second-order valence-corrected chi connectivity index (χ2v) is 9.28. The van der Waals surface area contributed by atoms with E-state index in [1.165, 1.54) is 57.8 Å². The molecular formula is C22H40N4O2.